The third-order valence-corrected chi connectivity index (χ3v) is 10.2. The Balaban J connectivity index is 3.90. The Labute approximate surface area is 355 Å². The van der Waals surface area contributed by atoms with E-state index in [0.717, 1.165) is 83.5 Å². The molecule has 0 aromatic rings. The van der Waals surface area contributed by atoms with Gasteiger partial charge in [0.2, 0.25) is 0 Å². The number of phosphoric ester groups is 1. The molecule has 0 saturated carbocycles. The second-order valence-electron chi connectivity index (χ2n) is 15.3. The number of carbonyl (C=O) groups excluding carboxylic acids is 2. The Morgan fingerprint density at radius 3 is 1.24 bits per heavy atom. The van der Waals surface area contributed by atoms with Crippen molar-refractivity contribution in [3.8, 4) is 0 Å². The lowest BCUT2D eigenvalue weighted by Gasteiger charge is -2.18. The van der Waals surface area contributed by atoms with Crippen molar-refractivity contribution in [3.05, 3.63) is 72.9 Å². The highest BCUT2D eigenvalue weighted by atomic mass is 31.2. The predicted molar refractivity (Wildman–Crippen MR) is 244 cm³/mol. The lowest BCUT2D eigenvalue weighted by atomic mass is 10.1. The van der Waals surface area contributed by atoms with E-state index in [2.05, 4.69) is 91.3 Å². The fourth-order valence-electron chi connectivity index (χ4n) is 6.28. The van der Waals surface area contributed by atoms with Gasteiger partial charge >= 0.3 is 19.8 Å². The summed E-state index contributed by atoms with van der Waals surface area (Å²) in [5.41, 5.74) is 0. The third kappa shape index (κ3) is 46.2. The van der Waals surface area contributed by atoms with Crippen LogP contribution in [-0.4, -0.2) is 41.0 Å². The van der Waals surface area contributed by atoms with Crippen molar-refractivity contribution in [1.29, 1.82) is 0 Å². The first-order valence-corrected chi connectivity index (χ1v) is 24.8. The average molecular weight is 833 g/mol. The first-order chi connectivity index (χ1) is 28.3. The van der Waals surface area contributed by atoms with Crippen molar-refractivity contribution in [2.45, 2.75) is 213 Å². The van der Waals surface area contributed by atoms with Gasteiger partial charge in [0.25, 0.3) is 0 Å². The van der Waals surface area contributed by atoms with Crippen LogP contribution in [-0.2, 0) is 28.2 Å². The zero-order valence-corrected chi connectivity index (χ0v) is 37.8. The Morgan fingerprint density at radius 1 is 0.466 bits per heavy atom. The fraction of sp³-hybridized carbons (Fsp3) is 0.714. The maximum Gasteiger partial charge on any atom is 0.469 e. The number of hydrogen-bond donors (Lipinski definition) is 2. The van der Waals surface area contributed by atoms with Crippen molar-refractivity contribution in [2.75, 3.05) is 13.2 Å². The Bertz CT molecular complexity index is 1170. The summed E-state index contributed by atoms with van der Waals surface area (Å²) < 4.78 is 26.5. The largest absolute Gasteiger partial charge is 0.469 e. The van der Waals surface area contributed by atoms with E-state index in [0.29, 0.717) is 12.8 Å². The zero-order valence-electron chi connectivity index (χ0n) is 36.9. The summed E-state index contributed by atoms with van der Waals surface area (Å²) in [6.07, 6.45) is 57.6. The minimum atomic E-state index is -4.77. The number of allylic oxidation sites excluding steroid dienone is 12. The number of hydrogen-bond acceptors (Lipinski definition) is 6. The standard InChI is InChI=1S/C49H85O8P/c1-3-5-7-9-11-13-15-17-19-21-23-24-26-28-30-32-34-36-38-40-42-44-49(51)57-47(46-56-58(52,53)54)45-55-48(50)43-41-39-37-35-33-31-29-27-25-22-20-18-16-14-12-10-8-6-4-2/h5,7,11-14,17-20,23-24,47H,3-4,6,8-10,15-16,21-22,25-46H2,1-2H3,(H2,52,53,54)/b7-5-,13-11-,14-12-,19-17-,20-18-,24-23-. The van der Waals surface area contributed by atoms with Crippen molar-refractivity contribution >= 4 is 19.8 Å². The maximum atomic E-state index is 12.5. The topological polar surface area (TPSA) is 119 Å². The van der Waals surface area contributed by atoms with Gasteiger partial charge < -0.3 is 19.3 Å². The van der Waals surface area contributed by atoms with Crippen LogP contribution < -0.4 is 0 Å². The van der Waals surface area contributed by atoms with Gasteiger partial charge in [-0.3, -0.25) is 14.1 Å². The van der Waals surface area contributed by atoms with Crippen LogP contribution in [0.4, 0.5) is 0 Å². The second-order valence-corrected chi connectivity index (χ2v) is 16.6. The van der Waals surface area contributed by atoms with Gasteiger partial charge in [0.1, 0.15) is 6.61 Å². The summed E-state index contributed by atoms with van der Waals surface area (Å²) in [5, 5.41) is 0. The first kappa shape index (κ1) is 55.5. The van der Waals surface area contributed by atoms with E-state index < -0.39 is 32.5 Å². The van der Waals surface area contributed by atoms with E-state index >= 15 is 0 Å². The molecule has 0 heterocycles. The highest BCUT2D eigenvalue weighted by molar-refractivity contribution is 7.46. The number of esters is 2. The van der Waals surface area contributed by atoms with E-state index in [-0.39, 0.29) is 19.4 Å². The molecule has 1 atom stereocenters. The summed E-state index contributed by atoms with van der Waals surface area (Å²) in [7, 11) is -4.77. The molecule has 0 aliphatic rings. The van der Waals surface area contributed by atoms with Crippen LogP contribution in [0, 0.1) is 0 Å². The van der Waals surface area contributed by atoms with E-state index in [9.17, 15) is 14.2 Å². The summed E-state index contributed by atoms with van der Waals surface area (Å²) in [6, 6.07) is 0. The molecule has 8 nitrogen and oxygen atoms in total. The van der Waals surface area contributed by atoms with Gasteiger partial charge in [-0.15, -0.1) is 0 Å². The number of rotatable bonds is 42. The first-order valence-electron chi connectivity index (χ1n) is 23.2. The van der Waals surface area contributed by atoms with Crippen LogP contribution in [0.5, 0.6) is 0 Å². The quantitative estimate of drug-likeness (QED) is 0.0270. The summed E-state index contributed by atoms with van der Waals surface area (Å²) >= 11 is 0. The molecule has 2 N–H and O–H groups in total. The van der Waals surface area contributed by atoms with Crippen LogP contribution in [0.1, 0.15) is 206 Å². The molecule has 334 valence electrons. The molecule has 0 saturated heterocycles. The molecule has 0 bridgehead atoms. The van der Waals surface area contributed by atoms with E-state index in [4.69, 9.17) is 19.3 Å². The van der Waals surface area contributed by atoms with Gasteiger partial charge in [-0.25, -0.2) is 4.57 Å². The molecule has 0 aromatic heterocycles. The summed E-state index contributed by atoms with van der Waals surface area (Å²) in [5.74, 6) is -0.900. The van der Waals surface area contributed by atoms with E-state index in [1.807, 2.05) is 0 Å². The summed E-state index contributed by atoms with van der Waals surface area (Å²) in [6.45, 7) is 3.55. The van der Waals surface area contributed by atoms with Crippen LogP contribution >= 0.6 is 7.82 Å². The number of phosphoric acid groups is 1. The molecule has 0 rings (SSSR count). The average Bonchev–Trinajstić information content (AvgIpc) is 3.20. The lowest BCUT2D eigenvalue weighted by Crippen LogP contribution is -2.29. The lowest BCUT2D eigenvalue weighted by molar-refractivity contribution is -0.161. The molecule has 0 spiro atoms. The van der Waals surface area contributed by atoms with Gasteiger partial charge in [-0.05, 0) is 83.5 Å². The van der Waals surface area contributed by atoms with Crippen molar-refractivity contribution in [2.24, 2.45) is 0 Å². The van der Waals surface area contributed by atoms with E-state index in [1.54, 1.807) is 0 Å². The van der Waals surface area contributed by atoms with Gasteiger partial charge in [0, 0.05) is 12.8 Å². The minimum Gasteiger partial charge on any atom is -0.462 e. The molecule has 1 unspecified atom stereocenters. The maximum absolute atomic E-state index is 12.5. The number of ether oxygens (including phenoxy) is 2. The van der Waals surface area contributed by atoms with Crippen molar-refractivity contribution in [3.63, 3.8) is 0 Å². The summed E-state index contributed by atoms with van der Waals surface area (Å²) in [4.78, 5) is 43.0. The minimum absolute atomic E-state index is 0.198. The van der Waals surface area contributed by atoms with Crippen LogP contribution in [0.25, 0.3) is 0 Å². The SMILES string of the molecule is CC/C=C\C/C=C\C/C=C\C/C=C\CCCCCCCCCCC(=O)OC(COC(=O)CCCCCCCCCCC/C=C\C/C=C\CCCCC)COP(=O)(O)O. The van der Waals surface area contributed by atoms with Gasteiger partial charge in [0.05, 0.1) is 6.61 Å². The predicted octanol–water partition coefficient (Wildman–Crippen LogP) is 14.6. The van der Waals surface area contributed by atoms with Gasteiger partial charge in [-0.1, -0.05) is 183 Å². The Morgan fingerprint density at radius 2 is 0.828 bits per heavy atom. The fourth-order valence-corrected chi connectivity index (χ4v) is 6.64. The second kappa shape index (κ2) is 44.1. The number of carbonyl (C=O) groups is 2. The highest BCUT2D eigenvalue weighted by Gasteiger charge is 2.22. The highest BCUT2D eigenvalue weighted by Crippen LogP contribution is 2.36. The molecule has 9 heteroatoms. The normalized spacial score (nSPS) is 13.1. The molecule has 0 radical (unpaired) electrons. The molecular formula is C49H85O8P. The van der Waals surface area contributed by atoms with Crippen LogP contribution in [0.15, 0.2) is 72.9 Å². The molecule has 0 amide bonds. The monoisotopic (exact) mass is 833 g/mol. The van der Waals surface area contributed by atoms with Crippen LogP contribution in [0.2, 0.25) is 0 Å². The van der Waals surface area contributed by atoms with Crippen molar-refractivity contribution in [1.82, 2.24) is 0 Å². The molecule has 0 aliphatic heterocycles. The van der Waals surface area contributed by atoms with Gasteiger partial charge in [-0.2, -0.15) is 0 Å². The molecule has 0 fully saturated rings. The van der Waals surface area contributed by atoms with Crippen molar-refractivity contribution < 1.29 is 37.9 Å². The Kier molecular flexibility index (Phi) is 42.1. The van der Waals surface area contributed by atoms with E-state index in [1.165, 1.54) is 83.5 Å². The Hall–Kier alpha value is -2.51. The molecule has 0 aliphatic carbocycles. The smallest absolute Gasteiger partial charge is 0.462 e. The molecule has 58 heavy (non-hydrogen) atoms. The molecular weight excluding hydrogens is 748 g/mol. The number of unbranched alkanes of at least 4 members (excludes halogenated alkanes) is 20. The molecule has 0 aromatic carbocycles. The third-order valence-electron chi connectivity index (χ3n) is 9.71. The van der Waals surface area contributed by atoms with Crippen LogP contribution in [0.3, 0.4) is 0 Å². The zero-order chi connectivity index (χ0) is 42.5. The van der Waals surface area contributed by atoms with Gasteiger partial charge in [0.15, 0.2) is 6.10 Å².